The first-order chi connectivity index (χ1) is 18.3. The van der Waals surface area contributed by atoms with Gasteiger partial charge in [-0.05, 0) is 56.6 Å². The molecule has 0 fully saturated rings. The Labute approximate surface area is 221 Å². The molecule has 0 spiro atoms. The molecule has 0 aromatic heterocycles. The van der Waals surface area contributed by atoms with Crippen molar-refractivity contribution in [2.24, 2.45) is 0 Å². The molecule has 0 atom stereocenters. The molecule has 6 aromatic rings. The van der Waals surface area contributed by atoms with Gasteiger partial charge in [-0.1, -0.05) is 146 Å². The fourth-order valence-electron chi connectivity index (χ4n) is 4.69. The topological polar surface area (TPSA) is 0 Å². The highest BCUT2D eigenvalue weighted by atomic mass is 31.1. The minimum absolute atomic E-state index is 1.18. The Kier molecular flexibility index (Phi) is 6.76. The average molecular weight is 490 g/mol. The number of hydrogen-bond donors (Lipinski definition) is 0. The molecular formula is C36H26P-. The smallest absolute Gasteiger partial charge is 0.0185 e. The van der Waals surface area contributed by atoms with E-state index in [1.807, 2.05) is 0 Å². The molecule has 0 aliphatic rings. The van der Waals surface area contributed by atoms with Gasteiger partial charge in [-0.2, -0.15) is 10.6 Å². The summed E-state index contributed by atoms with van der Waals surface area (Å²) in [5.41, 5.74) is 9.91. The van der Waals surface area contributed by atoms with Crippen molar-refractivity contribution < 1.29 is 0 Å². The molecule has 0 nitrogen and oxygen atoms in total. The van der Waals surface area contributed by atoms with Crippen LogP contribution < -0.4 is 10.6 Å². The van der Waals surface area contributed by atoms with Crippen LogP contribution >= 0.6 is 8.58 Å². The lowest BCUT2D eigenvalue weighted by atomic mass is 9.99. The number of benzene rings is 6. The lowest BCUT2D eigenvalue weighted by Crippen LogP contribution is -2.06. The standard InChI is InChI=1S/C36H26P/c1-5-13-27(14-6-1)31-21-32(28-15-7-2-8-16-28)24-35(23-31)37-36-25-33(29-17-9-3-10-18-29)22-34(26-36)30-19-11-4-12-20-30/h1-26H/q-1. The minimum Gasteiger partial charge on any atom is -0.472 e. The van der Waals surface area contributed by atoms with Crippen LogP contribution in [0.4, 0.5) is 0 Å². The summed E-state index contributed by atoms with van der Waals surface area (Å²) in [4.78, 5) is 0. The molecule has 6 rings (SSSR count). The van der Waals surface area contributed by atoms with Crippen molar-refractivity contribution in [2.75, 3.05) is 0 Å². The van der Waals surface area contributed by atoms with Gasteiger partial charge >= 0.3 is 0 Å². The molecule has 0 saturated carbocycles. The third-order valence-electron chi connectivity index (χ3n) is 6.52. The Morgan fingerprint density at radius 3 is 0.730 bits per heavy atom. The fourth-order valence-corrected chi connectivity index (χ4v) is 5.80. The predicted molar refractivity (Wildman–Crippen MR) is 161 cm³/mol. The second kappa shape index (κ2) is 10.8. The van der Waals surface area contributed by atoms with Crippen molar-refractivity contribution in [3.8, 4) is 44.5 Å². The van der Waals surface area contributed by atoms with E-state index in [1.54, 1.807) is 0 Å². The normalized spacial score (nSPS) is 10.8. The van der Waals surface area contributed by atoms with Crippen LogP contribution in [0.1, 0.15) is 0 Å². The molecule has 176 valence electrons. The first-order valence-electron chi connectivity index (χ1n) is 12.6. The molecule has 0 unspecified atom stereocenters. The van der Waals surface area contributed by atoms with Crippen LogP contribution in [0.2, 0.25) is 0 Å². The van der Waals surface area contributed by atoms with Crippen LogP contribution in [0.5, 0.6) is 0 Å². The van der Waals surface area contributed by atoms with E-state index in [0.717, 1.165) is 0 Å². The molecule has 0 bridgehead atoms. The SMILES string of the molecule is c1ccc(-c2cc([P-]c3cc(-c4ccccc4)cc(-c4ccccc4)c3)cc(-c3ccccc3)c2)cc1. The monoisotopic (exact) mass is 489 g/mol. The highest BCUT2D eigenvalue weighted by Gasteiger charge is 2.05. The summed E-state index contributed by atoms with van der Waals surface area (Å²) in [7, 11) is 1.18. The Morgan fingerprint density at radius 2 is 0.486 bits per heavy atom. The van der Waals surface area contributed by atoms with Gasteiger partial charge in [0.05, 0.1) is 0 Å². The maximum Gasteiger partial charge on any atom is -0.0185 e. The number of hydrogen-bond acceptors (Lipinski definition) is 0. The lowest BCUT2D eigenvalue weighted by molar-refractivity contribution is 1.60. The van der Waals surface area contributed by atoms with Crippen LogP contribution in [-0.4, -0.2) is 0 Å². The van der Waals surface area contributed by atoms with Crippen LogP contribution in [0.25, 0.3) is 44.5 Å². The second-order valence-electron chi connectivity index (χ2n) is 9.11. The molecule has 0 aliphatic carbocycles. The first-order valence-corrected chi connectivity index (χ1v) is 13.4. The van der Waals surface area contributed by atoms with Crippen molar-refractivity contribution in [2.45, 2.75) is 0 Å². The first kappa shape index (κ1) is 23.2. The van der Waals surface area contributed by atoms with Crippen molar-refractivity contribution in [3.63, 3.8) is 0 Å². The van der Waals surface area contributed by atoms with Gasteiger partial charge in [-0.25, -0.2) is 0 Å². The fraction of sp³-hybridized carbons (Fsp3) is 0. The number of rotatable bonds is 6. The summed E-state index contributed by atoms with van der Waals surface area (Å²) < 4.78 is 0. The van der Waals surface area contributed by atoms with Gasteiger partial charge in [0.15, 0.2) is 0 Å². The van der Waals surface area contributed by atoms with Gasteiger partial charge in [0.1, 0.15) is 0 Å². The summed E-state index contributed by atoms with van der Waals surface area (Å²) in [6, 6.07) is 56.6. The average Bonchev–Trinajstić information content (AvgIpc) is 2.99. The van der Waals surface area contributed by atoms with Gasteiger partial charge in [-0.15, -0.1) is 0 Å². The highest BCUT2D eigenvalue weighted by Crippen LogP contribution is 2.31. The van der Waals surface area contributed by atoms with Gasteiger partial charge in [0.25, 0.3) is 0 Å². The van der Waals surface area contributed by atoms with Gasteiger partial charge in [0, 0.05) is 0 Å². The molecule has 0 aliphatic heterocycles. The summed E-state index contributed by atoms with van der Waals surface area (Å²) in [6.45, 7) is 0. The van der Waals surface area contributed by atoms with Gasteiger partial charge in [0.2, 0.25) is 0 Å². The van der Waals surface area contributed by atoms with Crippen molar-refractivity contribution in [1.82, 2.24) is 0 Å². The Balaban J connectivity index is 1.46. The molecule has 6 aromatic carbocycles. The zero-order valence-corrected chi connectivity index (χ0v) is 21.4. The Bertz CT molecular complexity index is 1370. The van der Waals surface area contributed by atoms with E-state index in [0.29, 0.717) is 0 Å². The molecule has 0 saturated heterocycles. The van der Waals surface area contributed by atoms with E-state index >= 15 is 0 Å². The molecule has 37 heavy (non-hydrogen) atoms. The van der Waals surface area contributed by atoms with E-state index < -0.39 is 0 Å². The zero-order chi connectivity index (χ0) is 24.9. The van der Waals surface area contributed by atoms with E-state index in [2.05, 4.69) is 158 Å². The van der Waals surface area contributed by atoms with Crippen LogP contribution in [0.15, 0.2) is 158 Å². The molecule has 0 radical (unpaired) electrons. The largest absolute Gasteiger partial charge is 0.472 e. The van der Waals surface area contributed by atoms with E-state index in [1.165, 1.54) is 63.7 Å². The second-order valence-corrected chi connectivity index (χ2v) is 10.4. The molecule has 0 N–H and O–H groups in total. The maximum absolute atomic E-state index is 2.33. The quantitative estimate of drug-likeness (QED) is 0.205. The van der Waals surface area contributed by atoms with Crippen molar-refractivity contribution in [1.29, 1.82) is 0 Å². The summed E-state index contributed by atoms with van der Waals surface area (Å²) in [5.74, 6) is 0. The van der Waals surface area contributed by atoms with Crippen LogP contribution in [-0.2, 0) is 0 Å². The van der Waals surface area contributed by atoms with E-state index in [4.69, 9.17) is 0 Å². The Morgan fingerprint density at radius 1 is 0.243 bits per heavy atom. The van der Waals surface area contributed by atoms with E-state index in [9.17, 15) is 0 Å². The van der Waals surface area contributed by atoms with Crippen molar-refractivity contribution >= 4 is 19.2 Å². The minimum atomic E-state index is 1.18. The zero-order valence-electron chi connectivity index (χ0n) is 20.5. The summed E-state index contributed by atoms with van der Waals surface area (Å²) in [5, 5.41) is 2.56. The van der Waals surface area contributed by atoms with Crippen molar-refractivity contribution in [3.05, 3.63) is 158 Å². The third-order valence-corrected chi connectivity index (χ3v) is 7.56. The molecule has 0 heterocycles. The van der Waals surface area contributed by atoms with Crippen LogP contribution in [0.3, 0.4) is 0 Å². The molecule has 1 heteroatoms. The van der Waals surface area contributed by atoms with Gasteiger partial charge < -0.3 is 8.58 Å². The Hall–Kier alpha value is -4.25. The molecule has 0 amide bonds. The van der Waals surface area contributed by atoms with E-state index in [-0.39, 0.29) is 0 Å². The van der Waals surface area contributed by atoms with Crippen LogP contribution in [0, 0.1) is 0 Å². The molecular weight excluding hydrogens is 463 g/mol. The summed E-state index contributed by atoms with van der Waals surface area (Å²) >= 11 is 0. The third kappa shape index (κ3) is 5.46. The highest BCUT2D eigenvalue weighted by molar-refractivity contribution is 7.55. The van der Waals surface area contributed by atoms with Gasteiger partial charge in [-0.3, -0.25) is 0 Å². The maximum atomic E-state index is 2.33. The predicted octanol–water partition coefficient (Wildman–Crippen LogP) is 9.25. The lowest BCUT2D eigenvalue weighted by Gasteiger charge is -2.24. The summed E-state index contributed by atoms with van der Waals surface area (Å²) in [6.07, 6.45) is 0.